The summed E-state index contributed by atoms with van der Waals surface area (Å²) in [7, 11) is 0. The molecule has 2 aromatic carbocycles. The van der Waals surface area contributed by atoms with Gasteiger partial charge in [0.05, 0.1) is 0 Å². The Labute approximate surface area is 137 Å². The van der Waals surface area contributed by atoms with Crippen molar-refractivity contribution in [2.24, 2.45) is 0 Å². The Kier molecular flexibility index (Phi) is 4.24. The molecule has 2 nitrogen and oxygen atoms in total. The maximum atomic E-state index is 13.0. The Hall–Kier alpha value is -1.43. The molecule has 0 aromatic heterocycles. The number of carbonyl (C=O) groups excluding carboxylic acids is 1. The highest BCUT2D eigenvalue weighted by molar-refractivity contribution is 14.1. The van der Waals surface area contributed by atoms with E-state index < -0.39 is 0 Å². The van der Waals surface area contributed by atoms with Crippen LogP contribution in [0.15, 0.2) is 48.5 Å². The molecule has 108 valence electrons. The van der Waals surface area contributed by atoms with Crippen LogP contribution in [0.2, 0.25) is 0 Å². The second-order valence-electron chi connectivity index (χ2n) is 5.30. The lowest BCUT2D eigenvalue weighted by Crippen LogP contribution is -2.32. The standard InChI is InChI=1S/C17H15FINO/c18-14-6-4-12(5-7-14)11-20(16-8-9-16)17(21)13-2-1-3-15(19)10-13/h1-7,10,16H,8-9,11H2. The topological polar surface area (TPSA) is 20.3 Å². The van der Waals surface area contributed by atoms with E-state index in [-0.39, 0.29) is 11.7 Å². The summed E-state index contributed by atoms with van der Waals surface area (Å²) in [4.78, 5) is 14.6. The Balaban J connectivity index is 1.81. The Morgan fingerprint density at radius 1 is 1.19 bits per heavy atom. The van der Waals surface area contributed by atoms with E-state index in [9.17, 15) is 9.18 Å². The molecule has 1 amide bonds. The predicted molar refractivity (Wildman–Crippen MR) is 88.5 cm³/mol. The molecule has 1 aliphatic rings. The Bertz CT molecular complexity index is 652. The van der Waals surface area contributed by atoms with Gasteiger partial charge in [-0.15, -0.1) is 0 Å². The lowest BCUT2D eigenvalue weighted by atomic mass is 10.1. The number of hydrogen-bond acceptors (Lipinski definition) is 1. The number of carbonyl (C=O) groups is 1. The first-order chi connectivity index (χ1) is 10.1. The van der Waals surface area contributed by atoms with Crippen molar-refractivity contribution in [3.8, 4) is 0 Å². The van der Waals surface area contributed by atoms with E-state index in [4.69, 9.17) is 0 Å². The van der Waals surface area contributed by atoms with Gasteiger partial charge in [0.25, 0.3) is 5.91 Å². The van der Waals surface area contributed by atoms with Gasteiger partial charge in [-0.05, 0) is 71.3 Å². The highest BCUT2D eigenvalue weighted by atomic mass is 127. The van der Waals surface area contributed by atoms with Crippen LogP contribution in [-0.2, 0) is 6.54 Å². The van der Waals surface area contributed by atoms with Gasteiger partial charge in [0.2, 0.25) is 0 Å². The average molecular weight is 395 g/mol. The van der Waals surface area contributed by atoms with Crippen LogP contribution in [-0.4, -0.2) is 16.8 Å². The second kappa shape index (κ2) is 6.13. The maximum Gasteiger partial charge on any atom is 0.254 e. The monoisotopic (exact) mass is 395 g/mol. The van der Waals surface area contributed by atoms with Crippen molar-refractivity contribution in [1.29, 1.82) is 0 Å². The van der Waals surface area contributed by atoms with Crippen LogP contribution in [0, 0.1) is 9.39 Å². The van der Waals surface area contributed by atoms with Crippen molar-refractivity contribution in [2.45, 2.75) is 25.4 Å². The number of nitrogens with zero attached hydrogens (tertiary/aromatic N) is 1. The quantitative estimate of drug-likeness (QED) is 0.710. The molecule has 0 atom stereocenters. The number of halogens is 2. The predicted octanol–water partition coefficient (Wildman–Crippen LogP) is 4.24. The van der Waals surface area contributed by atoms with Gasteiger partial charge in [-0.2, -0.15) is 0 Å². The zero-order valence-electron chi connectivity index (χ0n) is 11.4. The molecule has 4 heteroatoms. The summed E-state index contributed by atoms with van der Waals surface area (Å²) in [6, 6.07) is 14.3. The van der Waals surface area contributed by atoms with Gasteiger partial charge in [-0.25, -0.2) is 4.39 Å². The fourth-order valence-corrected chi connectivity index (χ4v) is 2.87. The molecule has 0 aliphatic heterocycles. The molecule has 1 fully saturated rings. The van der Waals surface area contributed by atoms with Crippen molar-refractivity contribution < 1.29 is 9.18 Å². The molecule has 0 radical (unpaired) electrons. The first-order valence-electron chi connectivity index (χ1n) is 6.94. The normalized spacial score (nSPS) is 14.0. The van der Waals surface area contributed by atoms with Crippen molar-refractivity contribution >= 4 is 28.5 Å². The van der Waals surface area contributed by atoms with E-state index in [1.165, 1.54) is 12.1 Å². The zero-order chi connectivity index (χ0) is 14.8. The average Bonchev–Trinajstić information content (AvgIpc) is 3.30. The van der Waals surface area contributed by atoms with Gasteiger partial charge in [0.15, 0.2) is 0 Å². The van der Waals surface area contributed by atoms with Gasteiger partial charge in [0.1, 0.15) is 5.82 Å². The van der Waals surface area contributed by atoms with Crippen LogP contribution < -0.4 is 0 Å². The van der Waals surface area contributed by atoms with E-state index in [2.05, 4.69) is 22.6 Å². The fraction of sp³-hybridized carbons (Fsp3) is 0.235. The minimum atomic E-state index is -0.249. The molecular formula is C17H15FINO. The molecule has 21 heavy (non-hydrogen) atoms. The highest BCUT2D eigenvalue weighted by Gasteiger charge is 2.33. The number of benzene rings is 2. The number of rotatable bonds is 4. The first-order valence-corrected chi connectivity index (χ1v) is 8.02. The lowest BCUT2D eigenvalue weighted by molar-refractivity contribution is 0.0730. The summed E-state index contributed by atoms with van der Waals surface area (Å²) in [5, 5.41) is 0. The summed E-state index contributed by atoms with van der Waals surface area (Å²) in [5.41, 5.74) is 1.68. The van der Waals surface area contributed by atoms with Crippen molar-refractivity contribution in [2.75, 3.05) is 0 Å². The number of hydrogen-bond donors (Lipinski definition) is 0. The van der Waals surface area contributed by atoms with Crippen LogP contribution >= 0.6 is 22.6 Å². The summed E-state index contributed by atoms with van der Waals surface area (Å²) >= 11 is 2.21. The molecule has 0 unspecified atom stereocenters. The van der Waals surface area contributed by atoms with Crippen LogP contribution in [0.25, 0.3) is 0 Å². The van der Waals surface area contributed by atoms with Crippen molar-refractivity contribution in [1.82, 2.24) is 4.90 Å². The van der Waals surface area contributed by atoms with Crippen molar-refractivity contribution in [3.63, 3.8) is 0 Å². The summed E-state index contributed by atoms with van der Waals surface area (Å²) < 4.78 is 14.0. The summed E-state index contributed by atoms with van der Waals surface area (Å²) in [6.07, 6.45) is 2.10. The molecule has 0 bridgehead atoms. The maximum absolute atomic E-state index is 13.0. The lowest BCUT2D eigenvalue weighted by Gasteiger charge is -2.23. The van der Waals surface area contributed by atoms with Gasteiger partial charge in [-0.1, -0.05) is 18.2 Å². The molecule has 0 spiro atoms. The molecular weight excluding hydrogens is 380 g/mol. The third kappa shape index (κ3) is 3.61. The minimum Gasteiger partial charge on any atom is -0.331 e. The van der Waals surface area contributed by atoms with Crippen LogP contribution in [0.4, 0.5) is 4.39 Å². The highest BCUT2D eigenvalue weighted by Crippen LogP contribution is 2.30. The van der Waals surface area contributed by atoms with E-state index >= 15 is 0 Å². The largest absolute Gasteiger partial charge is 0.331 e. The molecule has 2 aromatic rings. The summed E-state index contributed by atoms with van der Waals surface area (Å²) in [5.74, 6) is -0.194. The molecule has 1 saturated carbocycles. The molecule has 0 N–H and O–H groups in total. The third-order valence-electron chi connectivity index (χ3n) is 3.59. The molecule has 1 aliphatic carbocycles. The Morgan fingerprint density at radius 3 is 2.52 bits per heavy atom. The third-order valence-corrected chi connectivity index (χ3v) is 4.26. The van der Waals surface area contributed by atoms with E-state index in [1.54, 1.807) is 12.1 Å². The van der Waals surface area contributed by atoms with Crippen LogP contribution in [0.3, 0.4) is 0 Å². The zero-order valence-corrected chi connectivity index (χ0v) is 13.6. The van der Waals surface area contributed by atoms with Gasteiger partial charge >= 0.3 is 0 Å². The van der Waals surface area contributed by atoms with E-state index in [1.807, 2.05) is 29.2 Å². The van der Waals surface area contributed by atoms with E-state index in [0.717, 1.165) is 27.5 Å². The summed E-state index contributed by atoms with van der Waals surface area (Å²) in [6.45, 7) is 0.537. The SMILES string of the molecule is O=C(c1cccc(I)c1)N(Cc1ccc(F)cc1)C1CC1. The fourth-order valence-electron chi connectivity index (χ4n) is 2.33. The van der Waals surface area contributed by atoms with Gasteiger partial charge in [-0.3, -0.25) is 4.79 Å². The smallest absolute Gasteiger partial charge is 0.254 e. The second-order valence-corrected chi connectivity index (χ2v) is 6.55. The Morgan fingerprint density at radius 2 is 1.90 bits per heavy atom. The van der Waals surface area contributed by atoms with Crippen LogP contribution in [0.5, 0.6) is 0 Å². The molecule has 0 heterocycles. The minimum absolute atomic E-state index is 0.0559. The van der Waals surface area contributed by atoms with E-state index in [0.29, 0.717) is 12.6 Å². The number of amides is 1. The van der Waals surface area contributed by atoms with Gasteiger partial charge in [0, 0.05) is 21.7 Å². The first kappa shape index (κ1) is 14.5. The molecule has 3 rings (SSSR count). The van der Waals surface area contributed by atoms with Crippen LogP contribution in [0.1, 0.15) is 28.8 Å². The molecule has 0 saturated heterocycles. The van der Waals surface area contributed by atoms with Gasteiger partial charge < -0.3 is 4.90 Å². The van der Waals surface area contributed by atoms with Crippen molar-refractivity contribution in [3.05, 3.63) is 69.0 Å².